The molecule has 1 N–H and O–H groups in total. The first-order valence-corrected chi connectivity index (χ1v) is 17.5. The Kier molecular flexibility index (Phi) is 7.90. The van der Waals surface area contributed by atoms with Crippen LogP contribution in [0.1, 0.15) is 54.7 Å². The second-order valence-electron chi connectivity index (χ2n) is 12.9. The predicted octanol–water partition coefficient (Wildman–Crippen LogP) is 11.2. The zero-order valence-electron chi connectivity index (χ0n) is 26.0. The van der Waals surface area contributed by atoms with Crippen LogP contribution in [0.5, 0.6) is 0 Å². The van der Waals surface area contributed by atoms with Crippen molar-refractivity contribution in [2.45, 2.75) is 50.4 Å². The molecule has 0 saturated heterocycles. The maximum absolute atomic E-state index is 13.5. The van der Waals surface area contributed by atoms with Crippen molar-refractivity contribution in [1.82, 2.24) is 5.32 Å². The Labute approximate surface area is 267 Å². The molecule has 0 bridgehead atoms. The minimum atomic E-state index is -0.719. The third kappa shape index (κ3) is 5.98. The van der Waals surface area contributed by atoms with E-state index >= 15 is 0 Å². The molecule has 0 unspecified atom stereocenters. The van der Waals surface area contributed by atoms with Gasteiger partial charge in [-0.2, -0.15) is 0 Å². The van der Waals surface area contributed by atoms with Gasteiger partial charge in [0.2, 0.25) is 0 Å². The number of fused-ring (bicyclic) bond motifs is 7. The molecular formula is C41H38NO2P. The van der Waals surface area contributed by atoms with Crippen LogP contribution in [0, 0.1) is 0 Å². The Hall–Kier alpha value is -4.46. The average Bonchev–Trinajstić information content (AvgIpc) is 3.22. The van der Waals surface area contributed by atoms with Crippen LogP contribution < -0.4 is 5.32 Å². The van der Waals surface area contributed by atoms with Crippen molar-refractivity contribution < 1.29 is 9.53 Å². The number of carbonyl (C=O) groups excluding carboxylic acids is 1. The summed E-state index contributed by atoms with van der Waals surface area (Å²) >= 11 is 0. The van der Waals surface area contributed by atoms with Crippen molar-refractivity contribution in [3.8, 4) is 11.1 Å². The third-order valence-electron chi connectivity index (χ3n) is 8.71. The summed E-state index contributed by atoms with van der Waals surface area (Å²) < 4.78 is 5.85. The number of nitrogens with one attached hydrogen (secondary N) is 1. The summed E-state index contributed by atoms with van der Waals surface area (Å²) in [5.74, 6) is 0. The summed E-state index contributed by atoms with van der Waals surface area (Å²) in [4.78, 5) is 13.5. The van der Waals surface area contributed by atoms with Crippen molar-refractivity contribution >= 4 is 35.6 Å². The largest absolute Gasteiger partial charge is 0.444 e. The smallest absolute Gasteiger partial charge is 0.408 e. The van der Waals surface area contributed by atoms with E-state index in [0.29, 0.717) is 0 Å². The van der Waals surface area contributed by atoms with E-state index in [-0.39, 0.29) is 17.8 Å². The molecule has 4 heteroatoms. The van der Waals surface area contributed by atoms with Crippen LogP contribution in [0.15, 0.2) is 133 Å². The molecule has 3 nitrogen and oxygen atoms in total. The zero-order valence-corrected chi connectivity index (χ0v) is 26.9. The van der Waals surface area contributed by atoms with Gasteiger partial charge in [-0.05, 0) is 88.0 Å². The fourth-order valence-corrected chi connectivity index (χ4v) is 10.1. The number of carbonyl (C=O) groups is 1. The third-order valence-corrected chi connectivity index (χ3v) is 11.6. The first kappa shape index (κ1) is 29.3. The normalized spacial score (nSPS) is 14.6. The predicted molar refractivity (Wildman–Crippen MR) is 189 cm³/mol. The maximum atomic E-state index is 13.5. The quantitative estimate of drug-likeness (QED) is 0.198. The molecule has 0 saturated carbocycles. The molecule has 7 rings (SSSR count). The van der Waals surface area contributed by atoms with Gasteiger partial charge in [0, 0.05) is 5.66 Å². The number of benzene rings is 6. The molecule has 224 valence electrons. The Morgan fingerprint density at radius 3 is 1.60 bits per heavy atom. The molecule has 1 amide bonds. The molecule has 2 atom stereocenters. The molecule has 0 fully saturated rings. The first-order chi connectivity index (χ1) is 21.9. The van der Waals surface area contributed by atoms with Crippen LogP contribution in [0.2, 0.25) is 0 Å². The molecule has 0 aliphatic carbocycles. The lowest BCUT2D eigenvalue weighted by molar-refractivity contribution is 0.0502. The summed E-state index contributed by atoms with van der Waals surface area (Å²) in [6.45, 7) is 5.74. The highest BCUT2D eigenvalue weighted by molar-refractivity contribution is 7.56. The highest BCUT2D eigenvalue weighted by Gasteiger charge is 2.36. The summed E-state index contributed by atoms with van der Waals surface area (Å²) in [5.41, 5.74) is 7.23. The van der Waals surface area contributed by atoms with E-state index < -0.39 is 13.5 Å². The summed E-state index contributed by atoms with van der Waals surface area (Å²) in [6, 6.07) is 47.7. The molecule has 45 heavy (non-hydrogen) atoms. The van der Waals surface area contributed by atoms with Gasteiger partial charge in [0.25, 0.3) is 0 Å². The molecule has 1 aliphatic heterocycles. The Morgan fingerprint density at radius 2 is 1.09 bits per heavy atom. The van der Waals surface area contributed by atoms with Gasteiger partial charge >= 0.3 is 6.09 Å². The minimum absolute atomic E-state index is 0.0489. The molecule has 1 aliphatic rings. The number of hydrogen-bond acceptors (Lipinski definition) is 2. The summed E-state index contributed by atoms with van der Waals surface area (Å²) in [5, 5.41) is 8.48. The number of rotatable bonds is 5. The van der Waals surface area contributed by atoms with Crippen molar-refractivity contribution in [2.75, 3.05) is 0 Å². The molecule has 0 spiro atoms. The number of alkyl carbamates (subject to hydrolysis) is 1. The van der Waals surface area contributed by atoms with Crippen LogP contribution in [-0.4, -0.2) is 11.7 Å². The van der Waals surface area contributed by atoms with E-state index in [0.717, 1.165) is 17.9 Å². The van der Waals surface area contributed by atoms with Crippen LogP contribution in [0.3, 0.4) is 0 Å². The maximum Gasteiger partial charge on any atom is 0.408 e. The summed E-state index contributed by atoms with van der Waals surface area (Å²) in [7, 11) is -0.719. The second kappa shape index (κ2) is 12.1. The lowest BCUT2D eigenvalue weighted by atomic mass is 9.88. The Bertz CT molecular complexity index is 1890. The van der Waals surface area contributed by atoms with Gasteiger partial charge in [-0.3, -0.25) is 0 Å². The number of ether oxygens (including phenoxy) is 1. The van der Waals surface area contributed by atoms with Crippen LogP contribution >= 0.6 is 7.92 Å². The van der Waals surface area contributed by atoms with E-state index in [1.807, 2.05) is 26.8 Å². The average molecular weight is 608 g/mol. The Balaban J connectivity index is 1.44. The topological polar surface area (TPSA) is 38.3 Å². The Morgan fingerprint density at radius 1 is 0.622 bits per heavy atom. The van der Waals surface area contributed by atoms with E-state index in [1.165, 1.54) is 49.4 Å². The van der Waals surface area contributed by atoms with Crippen molar-refractivity contribution in [1.29, 1.82) is 0 Å². The molecule has 6 aromatic carbocycles. The van der Waals surface area contributed by atoms with Crippen LogP contribution in [0.25, 0.3) is 32.7 Å². The number of amides is 1. The molecule has 0 radical (unpaired) electrons. The van der Waals surface area contributed by atoms with Gasteiger partial charge in [-0.1, -0.05) is 141 Å². The van der Waals surface area contributed by atoms with Gasteiger partial charge < -0.3 is 10.1 Å². The first-order valence-electron chi connectivity index (χ1n) is 15.7. The van der Waals surface area contributed by atoms with Crippen LogP contribution in [0.4, 0.5) is 4.79 Å². The minimum Gasteiger partial charge on any atom is -0.444 e. The lowest BCUT2D eigenvalue weighted by Crippen LogP contribution is -2.37. The fraction of sp³-hybridized carbons (Fsp3) is 0.195. The molecular weight excluding hydrogens is 569 g/mol. The van der Waals surface area contributed by atoms with E-state index in [9.17, 15) is 4.79 Å². The number of hydrogen-bond donors (Lipinski definition) is 1. The van der Waals surface area contributed by atoms with Gasteiger partial charge in [0.1, 0.15) is 5.60 Å². The van der Waals surface area contributed by atoms with E-state index in [1.54, 1.807) is 0 Å². The van der Waals surface area contributed by atoms with Gasteiger partial charge in [-0.25, -0.2) is 4.79 Å². The van der Waals surface area contributed by atoms with Gasteiger partial charge in [0.05, 0.1) is 6.04 Å². The van der Waals surface area contributed by atoms with Crippen molar-refractivity contribution in [2.24, 2.45) is 0 Å². The van der Waals surface area contributed by atoms with Gasteiger partial charge in [-0.15, -0.1) is 0 Å². The SMILES string of the molecule is CC(C)(C)OC(=O)N[C@@H](c1ccccc1)[C@H](c1ccccc1)P1Cc2ccc3ccccc3c2-c2c(ccc3ccccc23)C1. The van der Waals surface area contributed by atoms with Crippen molar-refractivity contribution in [3.05, 3.63) is 156 Å². The highest BCUT2D eigenvalue weighted by atomic mass is 31.1. The second-order valence-corrected chi connectivity index (χ2v) is 15.3. The van der Waals surface area contributed by atoms with Crippen LogP contribution in [-0.2, 0) is 17.1 Å². The fourth-order valence-electron chi connectivity index (χ4n) is 6.88. The van der Waals surface area contributed by atoms with Crippen molar-refractivity contribution in [3.63, 3.8) is 0 Å². The molecule has 1 heterocycles. The lowest BCUT2D eigenvalue weighted by Gasteiger charge is -2.36. The standard InChI is InChI=1S/C41H38NO2P/c1-41(2,3)44-40(43)42-38(30-16-6-4-7-17-30)39(31-18-8-5-9-19-31)45-26-32-24-22-28-14-10-12-20-34(28)36(32)37-33(27-45)25-23-29-15-11-13-21-35(29)37/h4-25,38-39H,26-27H2,1-3H3,(H,42,43)/t38-,39-/m0/s1. The van der Waals surface area contributed by atoms with E-state index in [4.69, 9.17) is 4.74 Å². The molecule has 0 aromatic heterocycles. The monoisotopic (exact) mass is 607 g/mol. The van der Waals surface area contributed by atoms with E-state index in [2.05, 4.69) is 133 Å². The highest BCUT2D eigenvalue weighted by Crippen LogP contribution is 2.64. The van der Waals surface area contributed by atoms with Gasteiger partial charge in [0.15, 0.2) is 0 Å². The zero-order chi connectivity index (χ0) is 31.0. The summed E-state index contributed by atoms with van der Waals surface area (Å²) in [6.07, 6.45) is 1.49. The molecule has 6 aromatic rings.